The summed E-state index contributed by atoms with van der Waals surface area (Å²) in [7, 11) is 0. The highest BCUT2D eigenvalue weighted by molar-refractivity contribution is 9.11. The Morgan fingerprint density at radius 2 is 1.02 bits per heavy atom. The van der Waals surface area contributed by atoms with E-state index < -0.39 is 0 Å². The summed E-state index contributed by atoms with van der Waals surface area (Å²) in [6, 6.07) is 1.82. The molecular formula is C33H40Br2Cl2N10O. The van der Waals surface area contributed by atoms with Gasteiger partial charge < -0.3 is 9.13 Å². The van der Waals surface area contributed by atoms with E-state index in [1.807, 2.05) is 0 Å². The summed E-state index contributed by atoms with van der Waals surface area (Å²) in [6.45, 7) is 12.0. The van der Waals surface area contributed by atoms with Crippen molar-refractivity contribution in [1.29, 1.82) is 0 Å². The maximum Gasteiger partial charge on any atom is 0.166 e. The molecule has 8 rings (SSSR count). The van der Waals surface area contributed by atoms with Crippen LogP contribution in [0.5, 0.6) is 0 Å². The Morgan fingerprint density at radius 1 is 0.646 bits per heavy atom. The van der Waals surface area contributed by atoms with Gasteiger partial charge >= 0.3 is 0 Å². The highest BCUT2D eigenvalue weighted by atomic mass is 79.9. The zero-order chi connectivity index (χ0) is 33.3. The first-order valence-electron chi connectivity index (χ1n) is 17.0. The molecule has 256 valence electrons. The summed E-state index contributed by atoms with van der Waals surface area (Å²) < 4.78 is 6.39. The summed E-state index contributed by atoms with van der Waals surface area (Å²) in [5.74, 6) is 0.348. The van der Waals surface area contributed by atoms with Gasteiger partial charge in [-0.25, -0.2) is 19.9 Å². The van der Waals surface area contributed by atoms with Crippen LogP contribution in [0.2, 0.25) is 10.3 Å². The van der Waals surface area contributed by atoms with E-state index in [0.29, 0.717) is 40.3 Å². The van der Waals surface area contributed by atoms with Crippen LogP contribution in [0.1, 0.15) is 51.6 Å². The van der Waals surface area contributed by atoms with Crippen molar-refractivity contribution in [2.24, 2.45) is 0 Å². The number of hydrogen-bond donors (Lipinski definition) is 0. The second kappa shape index (κ2) is 13.4. The van der Waals surface area contributed by atoms with Gasteiger partial charge in [0.25, 0.3) is 0 Å². The summed E-state index contributed by atoms with van der Waals surface area (Å²) >= 11 is 20.0. The van der Waals surface area contributed by atoms with Crippen LogP contribution in [0.4, 0.5) is 0 Å². The Morgan fingerprint density at radius 3 is 1.40 bits per heavy atom. The topological polar surface area (TPSA) is 91.5 Å². The number of carbonyl (C=O) groups excluding carboxylic acids is 1. The van der Waals surface area contributed by atoms with Crippen molar-refractivity contribution < 1.29 is 4.79 Å². The van der Waals surface area contributed by atoms with E-state index in [-0.39, 0.29) is 12.1 Å². The van der Waals surface area contributed by atoms with Gasteiger partial charge in [0, 0.05) is 97.9 Å². The average Bonchev–Trinajstić information content (AvgIpc) is 3.56. The number of nitrogens with zero attached hydrogens (tertiary/aromatic N) is 10. The standard InChI is InChI=1S/C33H40Br2Cl2N10O/c1-19(42-3-7-44(8-4-42)21-11-23(12-21)46-15-25(34)27-30(36)38-17-40-32(27)46)29(48)20(2)43-5-9-45(10-6-43)22-13-24(14-22)47-16-26(35)28-31(37)39-18-41-33(28)47/h15-24H,3-14H2,1-2H3. The van der Waals surface area contributed by atoms with Gasteiger partial charge in [0.05, 0.1) is 22.9 Å². The molecule has 48 heavy (non-hydrogen) atoms. The lowest BCUT2D eigenvalue weighted by Crippen LogP contribution is -2.60. The molecule has 2 aliphatic heterocycles. The molecule has 15 heteroatoms. The van der Waals surface area contributed by atoms with Gasteiger partial charge in [-0.15, -0.1) is 0 Å². The van der Waals surface area contributed by atoms with E-state index >= 15 is 0 Å². The third-order valence-electron chi connectivity index (χ3n) is 11.6. The summed E-state index contributed by atoms with van der Waals surface area (Å²) in [4.78, 5) is 41.0. The lowest BCUT2D eigenvalue weighted by molar-refractivity contribution is -0.130. The molecule has 4 aliphatic rings. The number of rotatable bonds is 8. The number of hydrogen-bond acceptors (Lipinski definition) is 9. The van der Waals surface area contributed by atoms with Crippen molar-refractivity contribution in [3.8, 4) is 0 Å². The third kappa shape index (κ3) is 5.93. The SMILES string of the molecule is CC(C(=O)C(C)N1CCN(C2CC(n3cc(Br)c4c(Cl)ncnc43)C2)CC1)N1CCN(C2CC(n3cc(Br)c4c(Cl)ncnc43)C2)CC1. The molecule has 0 N–H and O–H groups in total. The zero-order valence-corrected chi connectivity index (χ0v) is 31.8. The minimum absolute atomic E-state index is 0.0669. The van der Waals surface area contributed by atoms with Gasteiger partial charge in [-0.3, -0.25) is 24.4 Å². The molecule has 11 nitrogen and oxygen atoms in total. The first-order chi connectivity index (χ1) is 23.2. The van der Waals surface area contributed by atoms with Crippen molar-refractivity contribution in [2.45, 2.75) is 75.8 Å². The normalized spacial score (nSPS) is 27.6. The molecule has 0 spiro atoms. The van der Waals surface area contributed by atoms with Crippen molar-refractivity contribution >= 4 is 82.9 Å². The van der Waals surface area contributed by atoms with E-state index in [1.165, 1.54) is 12.7 Å². The number of ketones is 1. The van der Waals surface area contributed by atoms with E-state index in [4.69, 9.17) is 23.2 Å². The van der Waals surface area contributed by atoms with E-state index in [9.17, 15) is 4.79 Å². The van der Waals surface area contributed by atoms with Gasteiger partial charge in [-0.2, -0.15) is 0 Å². The van der Waals surface area contributed by atoms with Crippen LogP contribution in [0.25, 0.3) is 22.1 Å². The Hall–Kier alpha value is -1.71. The maximum absolute atomic E-state index is 13.7. The summed E-state index contributed by atoms with van der Waals surface area (Å²) in [5.41, 5.74) is 1.79. The summed E-state index contributed by atoms with van der Waals surface area (Å²) in [6.07, 6.45) is 11.7. The van der Waals surface area contributed by atoms with E-state index in [2.05, 4.69) is 107 Å². The molecule has 2 atom stereocenters. The fourth-order valence-electron chi connectivity index (χ4n) is 8.42. The molecule has 4 fully saturated rings. The first-order valence-corrected chi connectivity index (χ1v) is 19.3. The van der Waals surface area contributed by atoms with Gasteiger partial charge in [-0.1, -0.05) is 23.2 Å². The number of carbonyl (C=O) groups is 1. The molecule has 2 saturated carbocycles. The van der Waals surface area contributed by atoms with E-state index in [1.54, 1.807) is 0 Å². The van der Waals surface area contributed by atoms with Gasteiger partial charge in [0.2, 0.25) is 0 Å². The second-order valence-electron chi connectivity index (χ2n) is 14.0. The lowest BCUT2D eigenvalue weighted by atomic mass is 9.84. The van der Waals surface area contributed by atoms with Crippen LogP contribution < -0.4 is 0 Å². The van der Waals surface area contributed by atoms with Crippen molar-refractivity contribution in [3.63, 3.8) is 0 Å². The Labute approximate surface area is 307 Å². The van der Waals surface area contributed by atoms with Gasteiger partial charge in [-0.05, 0) is 71.4 Å². The Kier molecular flexibility index (Phi) is 9.36. The molecule has 2 unspecified atom stereocenters. The van der Waals surface area contributed by atoms with Crippen LogP contribution in [0.3, 0.4) is 0 Å². The van der Waals surface area contributed by atoms with Crippen LogP contribution in [0.15, 0.2) is 34.0 Å². The molecule has 6 heterocycles. The summed E-state index contributed by atoms with van der Waals surface area (Å²) in [5, 5.41) is 2.74. The molecule has 0 bridgehead atoms. The van der Waals surface area contributed by atoms with Crippen molar-refractivity contribution in [1.82, 2.24) is 48.7 Å². The van der Waals surface area contributed by atoms with E-state index in [0.717, 1.165) is 109 Å². The molecular weight excluding hydrogens is 783 g/mol. The monoisotopic (exact) mass is 820 g/mol. The predicted molar refractivity (Wildman–Crippen MR) is 195 cm³/mol. The lowest BCUT2D eigenvalue weighted by Gasteiger charge is -2.48. The number of aromatic nitrogens is 6. The first kappa shape index (κ1) is 33.4. The average molecular weight is 823 g/mol. The van der Waals surface area contributed by atoms with Crippen molar-refractivity contribution in [2.75, 3.05) is 52.4 Å². The maximum atomic E-state index is 13.7. The smallest absolute Gasteiger partial charge is 0.166 e. The molecule has 0 radical (unpaired) electrons. The molecule has 4 aromatic heterocycles. The second-order valence-corrected chi connectivity index (χ2v) is 16.4. The molecule has 0 aromatic carbocycles. The number of piperazine rings is 2. The number of Topliss-reactive ketones (excluding diaryl/α,β-unsaturated/α-hetero) is 1. The number of fused-ring (bicyclic) bond motifs is 2. The third-order valence-corrected chi connectivity index (χ3v) is 13.4. The van der Waals surface area contributed by atoms with Gasteiger partial charge in [0.1, 0.15) is 34.3 Å². The van der Waals surface area contributed by atoms with Crippen LogP contribution in [0, 0.1) is 0 Å². The van der Waals surface area contributed by atoms with Crippen LogP contribution in [-0.4, -0.2) is 131 Å². The predicted octanol–water partition coefficient (Wildman–Crippen LogP) is 5.70. The Balaban J connectivity index is 0.782. The highest BCUT2D eigenvalue weighted by Crippen LogP contribution is 2.42. The fourth-order valence-corrected chi connectivity index (χ4v) is 10.3. The largest absolute Gasteiger partial charge is 0.328 e. The number of halogens is 4. The van der Waals surface area contributed by atoms with Crippen molar-refractivity contribution in [3.05, 3.63) is 44.3 Å². The molecule has 2 aliphatic carbocycles. The minimum Gasteiger partial charge on any atom is -0.328 e. The molecule has 0 amide bonds. The quantitative estimate of drug-likeness (QED) is 0.208. The molecule has 2 saturated heterocycles. The van der Waals surface area contributed by atoms with Crippen LogP contribution >= 0.6 is 55.1 Å². The highest BCUT2D eigenvalue weighted by Gasteiger charge is 2.40. The van der Waals surface area contributed by atoms with Gasteiger partial charge in [0.15, 0.2) is 5.78 Å². The Bertz CT molecular complexity index is 1690. The van der Waals surface area contributed by atoms with Crippen LogP contribution in [-0.2, 0) is 4.79 Å². The molecule has 4 aromatic rings. The fraction of sp³-hybridized carbons (Fsp3) is 0.606. The zero-order valence-electron chi connectivity index (χ0n) is 27.2. The minimum atomic E-state index is -0.0669.